The summed E-state index contributed by atoms with van der Waals surface area (Å²) in [6.07, 6.45) is 0. The SMILES string of the molecule is CC(C)Cn1c(=O)c(=O)[nH]c2cc(-c3noc(-c4ccccc4F)n3)ccc21. The van der Waals surface area contributed by atoms with Crippen LogP contribution in [0.15, 0.2) is 56.6 Å². The van der Waals surface area contributed by atoms with Gasteiger partial charge in [-0.15, -0.1) is 0 Å². The van der Waals surface area contributed by atoms with E-state index < -0.39 is 16.9 Å². The first-order chi connectivity index (χ1) is 13.4. The number of halogens is 1. The van der Waals surface area contributed by atoms with Crippen molar-refractivity contribution in [2.24, 2.45) is 5.92 Å². The fraction of sp³-hybridized carbons (Fsp3) is 0.200. The molecule has 1 N–H and O–H groups in total. The third kappa shape index (κ3) is 3.13. The first kappa shape index (κ1) is 17.8. The number of nitrogens with zero attached hydrogens (tertiary/aromatic N) is 3. The molecule has 0 atom stereocenters. The lowest BCUT2D eigenvalue weighted by Gasteiger charge is -2.12. The van der Waals surface area contributed by atoms with E-state index >= 15 is 0 Å². The molecule has 0 radical (unpaired) electrons. The van der Waals surface area contributed by atoms with Gasteiger partial charge in [0.2, 0.25) is 5.82 Å². The number of nitrogens with one attached hydrogen (secondary N) is 1. The molecule has 0 aliphatic rings. The van der Waals surface area contributed by atoms with Gasteiger partial charge in [-0.25, -0.2) is 4.39 Å². The Bertz CT molecular complexity index is 1290. The van der Waals surface area contributed by atoms with Crippen LogP contribution in [0.3, 0.4) is 0 Å². The van der Waals surface area contributed by atoms with Crippen molar-refractivity contribution in [2.45, 2.75) is 20.4 Å². The van der Waals surface area contributed by atoms with Crippen molar-refractivity contribution in [3.8, 4) is 22.8 Å². The molecule has 4 rings (SSSR count). The molecule has 0 aliphatic carbocycles. The number of hydrogen-bond acceptors (Lipinski definition) is 5. The minimum absolute atomic E-state index is 0.0615. The van der Waals surface area contributed by atoms with E-state index in [9.17, 15) is 14.0 Å². The van der Waals surface area contributed by atoms with Gasteiger partial charge in [0.1, 0.15) is 5.82 Å². The van der Waals surface area contributed by atoms with Crippen LogP contribution in [-0.2, 0) is 6.54 Å². The standard InChI is InChI=1S/C20H17FN4O3/c1-11(2)10-25-16-8-7-12(9-15(16)22-18(26)20(25)27)17-23-19(28-24-17)13-5-3-4-6-14(13)21/h3-9,11H,10H2,1-2H3,(H,22,26). The molecule has 7 nitrogen and oxygen atoms in total. The molecule has 2 heterocycles. The average Bonchev–Trinajstić information content (AvgIpc) is 3.15. The Labute approximate surface area is 158 Å². The Morgan fingerprint density at radius 3 is 2.71 bits per heavy atom. The van der Waals surface area contributed by atoms with E-state index in [-0.39, 0.29) is 23.2 Å². The van der Waals surface area contributed by atoms with Gasteiger partial charge in [-0.05, 0) is 36.2 Å². The molecule has 0 bridgehead atoms. The van der Waals surface area contributed by atoms with Crippen molar-refractivity contribution < 1.29 is 8.91 Å². The normalized spacial score (nSPS) is 11.4. The Morgan fingerprint density at radius 1 is 1.18 bits per heavy atom. The predicted molar refractivity (Wildman–Crippen MR) is 102 cm³/mol. The van der Waals surface area contributed by atoms with E-state index in [1.165, 1.54) is 10.6 Å². The molecule has 2 aromatic carbocycles. The van der Waals surface area contributed by atoms with Gasteiger partial charge in [-0.1, -0.05) is 31.1 Å². The molecule has 2 aromatic heterocycles. The van der Waals surface area contributed by atoms with Gasteiger partial charge >= 0.3 is 11.1 Å². The summed E-state index contributed by atoms with van der Waals surface area (Å²) in [5, 5.41) is 3.91. The molecule has 28 heavy (non-hydrogen) atoms. The van der Waals surface area contributed by atoms with Crippen LogP contribution in [0.25, 0.3) is 33.9 Å². The first-order valence-electron chi connectivity index (χ1n) is 8.80. The molecule has 8 heteroatoms. The quantitative estimate of drug-likeness (QED) is 0.549. The van der Waals surface area contributed by atoms with Crippen molar-refractivity contribution in [3.05, 3.63) is 69.0 Å². The highest BCUT2D eigenvalue weighted by molar-refractivity contribution is 5.80. The molecule has 0 saturated carbocycles. The molecule has 142 valence electrons. The smallest absolute Gasteiger partial charge is 0.316 e. The predicted octanol–water partition coefficient (Wildman–Crippen LogP) is 3.20. The van der Waals surface area contributed by atoms with Crippen LogP contribution >= 0.6 is 0 Å². The van der Waals surface area contributed by atoms with E-state index in [0.717, 1.165) is 0 Å². The zero-order valence-corrected chi connectivity index (χ0v) is 15.3. The van der Waals surface area contributed by atoms with Gasteiger partial charge in [-0.2, -0.15) is 4.98 Å². The van der Waals surface area contributed by atoms with Crippen LogP contribution in [0.2, 0.25) is 0 Å². The van der Waals surface area contributed by atoms with Crippen LogP contribution in [0.5, 0.6) is 0 Å². The van der Waals surface area contributed by atoms with E-state index in [1.54, 1.807) is 36.4 Å². The van der Waals surface area contributed by atoms with Crippen LogP contribution in [0.4, 0.5) is 4.39 Å². The number of hydrogen-bond donors (Lipinski definition) is 1. The minimum Gasteiger partial charge on any atom is -0.334 e. The second-order valence-corrected chi connectivity index (χ2v) is 6.90. The lowest BCUT2D eigenvalue weighted by atomic mass is 10.1. The summed E-state index contributed by atoms with van der Waals surface area (Å²) in [5.41, 5.74) is 0.603. The summed E-state index contributed by atoms with van der Waals surface area (Å²) < 4.78 is 20.6. The number of fused-ring (bicyclic) bond motifs is 1. The van der Waals surface area contributed by atoms with Gasteiger partial charge in [0.05, 0.1) is 16.6 Å². The zero-order valence-electron chi connectivity index (χ0n) is 15.3. The zero-order chi connectivity index (χ0) is 19.8. The van der Waals surface area contributed by atoms with E-state index in [1.807, 2.05) is 13.8 Å². The Kier molecular flexibility index (Phi) is 4.38. The fourth-order valence-corrected chi connectivity index (χ4v) is 3.05. The third-order valence-electron chi connectivity index (χ3n) is 4.31. The molecule has 0 aliphatic heterocycles. The van der Waals surface area contributed by atoms with Gasteiger partial charge < -0.3 is 14.1 Å². The third-order valence-corrected chi connectivity index (χ3v) is 4.31. The summed E-state index contributed by atoms with van der Waals surface area (Å²) in [4.78, 5) is 31.1. The molecule has 0 spiro atoms. The van der Waals surface area contributed by atoms with Crippen molar-refractivity contribution in [1.29, 1.82) is 0 Å². The first-order valence-corrected chi connectivity index (χ1v) is 8.80. The fourth-order valence-electron chi connectivity index (χ4n) is 3.05. The molecule has 0 fully saturated rings. The lowest BCUT2D eigenvalue weighted by molar-refractivity contribution is 0.429. The number of benzene rings is 2. The molecular formula is C20H17FN4O3. The van der Waals surface area contributed by atoms with E-state index in [0.29, 0.717) is 23.1 Å². The highest BCUT2D eigenvalue weighted by Crippen LogP contribution is 2.25. The maximum absolute atomic E-state index is 13.9. The summed E-state index contributed by atoms with van der Waals surface area (Å²) in [6.45, 7) is 4.37. The van der Waals surface area contributed by atoms with Crippen molar-refractivity contribution in [1.82, 2.24) is 19.7 Å². The summed E-state index contributed by atoms with van der Waals surface area (Å²) in [5.74, 6) is 0.0511. The van der Waals surface area contributed by atoms with Crippen molar-refractivity contribution in [2.75, 3.05) is 0 Å². The Morgan fingerprint density at radius 2 is 1.96 bits per heavy atom. The number of H-pyrrole nitrogens is 1. The second-order valence-electron chi connectivity index (χ2n) is 6.90. The summed E-state index contributed by atoms with van der Waals surface area (Å²) in [7, 11) is 0. The largest absolute Gasteiger partial charge is 0.334 e. The topological polar surface area (TPSA) is 93.8 Å². The highest BCUT2D eigenvalue weighted by atomic mass is 19.1. The van der Waals surface area contributed by atoms with Crippen LogP contribution in [0.1, 0.15) is 13.8 Å². The van der Waals surface area contributed by atoms with Crippen molar-refractivity contribution >= 4 is 11.0 Å². The average molecular weight is 380 g/mol. The molecule has 0 unspecified atom stereocenters. The van der Waals surface area contributed by atoms with Gasteiger partial charge in [0, 0.05) is 12.1 Å². The Hall–Kier alpha value is -3.55. The van der Waals surface area contributed by atoms with Gasteiger partial charge in [0.15, 0.2) is 0 Å². The monoisotopic (exact) mass is 380 g/mol. The molecule has 4 aromatic rings. The van der Waals surface area contributed by atoms with E-state index in [2.05, 4.69) is 15.1 Å². The molecule has 0 amide bonds. The lowest BCUT2D eigenvalue weighted by Crippen LogP contribution is -2.37. The maximum Gasteiger partial charge on any atom is 0.316 e. The molecule has 0 saturated heterocycles. The van der Waals surface area contributed by atoms with Crippen LogP contribution in [0, 0.1) is 11.7 Å². The number of rotatable bonds is 4. The molecular weight excluding hydrogens is 363 g/mol. The van der Waals surface area contributed by atoms with Crippen LogP contribution in [-0.4, -0.2) is 19.7 Å². The van der Waals surface area contributed by atoms with Gasteiger partial charge in [-0.3, -0.25) is 9.59 Å². The Balaban J connectivity index is 1.81. The highest BCUT2D eigenvalue weighted by Gasteiger charge is 2.15. The number of aromatic amines is 1. The van der Waals surface area contributed by atoms with Crippen molar-refractivity contribution in [3.63, 3.8) is 0 Å². The van der Waals surface area contributed by atoms with Gasteiger partial charge in [0.25, 0.3) is 5.89 Å². The minimum atomic E-state index is -0.689. The van der Waals surface area contributed by atoms with E-state index in [4.69, 9.17) is 4.52 Å². The summed E-state index contributed by atoms with van der Waals surface area (Å²) >= 11 is 0. The maximum atomic E-state index is 13.9. The summed E-state index contributed by atoms with van der Waals surface area (Å²) in [6, 6.07) is 11.2. The number of aromatic nitrogens is 4. The van der Waals surface area contributed by atoms with Crippen LogP contribution < -0.4 is 11.1 Å². The second kappa shape index (κ2) is 6.88.